The molecule has 0 atom stereocenters. The minimum atomic E-state index is 0.894. The zero-order chi connectivity index (χ0) is 37.7. The summed E-state index contributed by atoms with van der Waals surface area (Å²) in [6.45, 7) is 0. The highest BCUT2D eigenvalue weighted by molar-refractivity contribution is 7.26. The lowest BCUT2D eigenvalue weighted by Crippen LogP contribution is -2.10. The number of fused-ring (bicyclic) bond motifs is 6. The van der Waals surface area contributed by atoms with Gasteiger partial charge < -0.3 is 9.32 Å². The van der Waals surface area contributed by atoms with Crippen LogP contribution in [0.1, 0.15) is 0 Å². The first-order valence-corrected chi connectivity index (χ1v) is 20.1. The van der Waals surface area contributed by atoms with Crippen LogP contribution < -0.4 is 4.90 Å². The van der Waals surface area contributed by atoms with Gasteiger partial charge in [-0.25, -0.2) is 0 Å². The fraction of sp³-hybridized carbons (Fsp3) is 0. The maximum absolute atomic E-state index is 6.50. The molecule has 268 valence electrons. The third kappa shape index (κ3) is 5.80. The van der Waals surface area contributed by atoms with E-state index in [1.54, 1.807) is 0 Å². The Morgan fingerprint density at radius 2 is 0.895 bits per heavy atom. The summed E-state index contributed by atoms with van der Waals surface area (Å²) in [7, 11) is 0. The molecule has 0 aliphatic heterocycles. The summed E-state index contributed by atoms with van der Waals surface area (Å²) < 4.78 is 9.07. The van der Waals surface area contributed by atoms with Crippen LogP contribution in [0.15, 0.2) is 217 Å². The molecule has 0 bridgehead atoms. The van der Waals surface area contributed by atoms with Crippen LogP contribution >= 0.6 is 11.3 Å². The van der Waals surface area contributed by atoms with Gasteiger partial charge in [-0.2, -0.15) is 0 Å². The molecule has 0 saturated heterocycles. The molecule has 9 aromatic carbocycles. The minimum absolute atomic E-state index is 0.894. The lowest BCUT2D eigenvalue weighted by Gasteiger charge is -2.27. The summed E-state index contributed by atoms with van der Waals surface area (Å²) in [5.41, 5.74) is 14.6. The van der Waals surface area contributed by atoms with E-state index < -0.39 is 0 Å². The molecule has 0 saturated carbocycles. The van der Waals surface area contributed by atoms with Crippen molar-refractivity contribution in [3.05, 3.63) is 212 Å². The molecule has 57 heavy (non-hydrogen) atoms. The largest absolute Gasteiger partial charge is 0.455 e. The first-order valence-electron chi connectivity index (χ1n) is 19.3. The molecule has 2 nitrogen and oxygen atoms in total. The molecular weight excluding hydrogens is 711 g/mol. The van der Waals surface area contributed by atoms with Gasteiger partial charge in [-0.05, 0) is 87.5 Å². The Kier molecular flexibility index (Phi) is 8.04. The first-order chi connectivity index (χ1) is 28.3. The Hall–Kier alpha value is -7.20. The van der Waals surface area contributed by atoms with Crippen LogP contribution in [0.4, 0.5) is 17.1 Å². The number of anilines is 3. The molecule has 0 amide bonds. The average Bonchev–Trinajstić information content (AvgIpc) is 3.87. The minimum Gasteiger partial charge on any atom is -0.455 e. The number of furan rings is 1. The lowest BCUT2D eigenvalue weighted by molar-refractivity contribution is 0.670. The molecule has 0 N–H and O–H groups in total. The maximum Gasteiger partial charge on any atom is 0.143 e. The third-order valence-electron chi connectivity index (χ3n) is 11.1. The zero-order valence-electron chi connectivity index (χ0n) is 31.0. The number of nitrogens with zero attached hydrogens (tertiary/aromatic N) is 1. The average molecular weight is 746 g/mol. The van der Waals surface area contributed by atoms with E-state index >= 15 is 0 Å². The van der Waals surface area contributed by atoms with Crippen molar-refractivity contribution >= 4 is 70.5 Å². The Morgan fingerprint density at radius 3 is 1.56 bits per heavy atom. The van der Waals surface area contributed by atoms with Crippen LogP contribution in [0.25, 0.3) is 86.6 Å². The van der Waals surface area contributed by atoms with Gasteiger partial charge in [-0.1, -0.05) is 164 Å². The van der Waals surface area contributed by atoms with E-state index in [9.17, 15) is 0 Å². The Balaban J connectivity index is 1.04. The second-order valence-electron chi connectivity index (χ2n) is 14.5. The summed E-state index contributed by atoms with van der Waals surface area (Å²) >= 11 is 1.87. The highest BCUT2D eigenvalue weighted by atomic mass is 32.1. The lowest BCUT2D eigenvalue weighted by atomic mass is 9.99. The number of para-hydroxylation sites is 1. The molecular formula is C54H35NOS. The highest BCUT2D eigenvalue weighted by Gasteiger charge is 2.20. The predicted octanol–water partition coefficient (Wildman–Crippen LogP) is 16.1. The Morgan fingerprint density at radius 1 is 0.368 bits per heavy atom. The van der Waals surface area contributed by atoms with E-state index in [0.717, 1.165) is 61.3 Å². The molecule has 2 heterocycles. The van der Waals surface area contributed by atoms with Gasteiger partial charge >= 0.3 is 0 Å². The van der Waals surface area contributed by atoms with E-state index in [1.807, 2.05) is 17.4 Å². The Labute approximate surface area is 335 Å². The molecule has 11 aromatic rings. The third-order valence-corrected chi connectivity index (χ3v) is 12.3. The standard InChI is InChI=1S/C54H35NOS/c1-4-13-36(14-5-1)37-25-30-42(31-26-37)55(49-23-12-24-51-52(49)47-22-11-20-45(54(47)57-51)40-17-8-3-9-18-40)43-32-27-38(28-33-43)41-29-34-50-48(35-41)46-21-10-19-44(53(46)56-50)39-15-6-2-7-16-39/h1-35H. The first kappa shape index (κ1) is 33.2. The van der Waals surface area contributed by atoms with Gasteiger partial charge in [-0.3, -0.25) is 0 Å². The van der Waals surface area contributed by atoms with Gasteiger partial charge in [-0.15, -0.1) is 11.3 Å². The van der Waals surface area contributed by atoms with E-state index in [1.165, 1.54) is 42.4 Å². The van der Waals surface area contributed by atoms with Gasteiger partial charge in [0.05, 0.1) is 5.69 Å². The van der Waals surface area contributed by atoms with Gasteiger partial charge in [0, 0.05) is 47.9 Å². The van der Waals surface area contributed by atoms with Crippen molar-refractivity contribution in [1.29, 1.82) is 0 Å². The van der Waals surface area contributed by atoms with Crippen LogP contribution in [0, 0.1) is 0 Å². The van der Waals surface area contributed by atoms with Crippen LogP contribution in [0.2, 0.25) is 0 Å². The van der Waals surface area contributed by atoms with Crippen molar-refractivity contribution in [3.63, 3.8) is 0 Å². The number of rotatable bonds is 7. The molecule has 0 aliphatic carbocycles. The fourth-order valence-corrected chi connectivity index (χ4v) is 9.61. The van der Waals surface area contributed by atoms with Crippen molar-refractivity contribution < 1.29 is 4.42 Å². The summed E-state index contributed by atoms with van der Waals surface area (Å²) in [5.74, 6) is 0. The topological polar surface area (TPSA) is 16.4 Å². The van der Waals surface area contributed by atoms with Crippen LogP contribution in [0.3, 0.4) is 0 Å². The van der Waals surface area contributed by atoms with E-state index in [0.29, 0.717) is 0 Å². The highest BCUT2D eigenvalue weighted by Crippen LogP contribution is 2.47. The van der Waals surface area contributed by atoms with Crippen molar-refractivity contribution in [2.45, 2.75) is 0 Å². The van der Waals surface area contributed by atoms with Crippen molar-refractivity contribution in [2.24, 2.45) is 0 Å². The second-order valence-corrected chi connectivity index (χ2v) is 15.5. The summed E-state index contributed by atoms with van der Waals surface area (Å²) in [6, 6.07) is 76.2. The van der Waals surface area contributed by atoms with Gasteiger partial charge in [0.2, 0.25) is 0 Å². The molecule has 0 radical (unpaired) electrons. The van der Waals surface area contributed by atoms with Crippen LogP contribution in [-0.4, -0.2) is 0 Å². The number of benzene rings is 9. The summed E-state index contributed by atoms with van der Waals surface area (Å²) in [6.07, 6.45) is 0. The van der Waals surface area contributed by atoms with E-state index in [4.69, 9.17) is 4.42 Å². The molecule has 0 unspecified atom stereocenters. The van der Waals surface area contributed by atoms with Gasteiger partial charge in [0.1, 0.15) is 11.2 Å². The Bertz CT molecular complexity index is 3200. The van der Waals surface area contributed by atoms with Crippen LogP contribution in [0.5, 0.6) is 0 Å². The summed E-state index contributed by atoms with van der Waals surface area (Å²) in [4.78, 5) is 2.42. The number of thiophene rings is 1. The fourth-order valence-electron chi connectivity index (χ4n) is 8.35. The maximum atomic E-state index is 6.50. The van der Waals surface area contributed by atoms with E-state index in [2.05, 4.69) is 211 Å². The normalized spacial score (nSPS) is 11.5. The van der Waals surface area contributed by atoms with Gasteiger partial charge in [0.25, 0.3) is 0 Å². The second kappa shape index (κ2) is 13.8. The molecule has 11 rings (SSSR count). The summed E-state index contributed by atoms with van der Waals surface area (Å²) in [5, 5.41) is 4.78. The van der Waals surface area contributed by atoms with Gasteiger partial charge in [0.15, 0.2) is 0 Å². The SMILES string of the molecule is c1ccc(-c2ccc(N(c3ccc(-c4ccc5oc6c(-c7ccccc7)cccc6c5c4)cc3)c3cccc4sc5c(-c6ccccc6)cccc5c34)cc2)cc1. The molecule has 0 aliphatic rings. The molecule has 2 aromatic heterocycles. The van der Waals surface area contributed by atoms with Crippen LogP contribution in [-0.2, 0) is 0 Å². The quantitative estimate of drug-likeness (QED) is 0.162. The molecule has 0 fully saturated rings. The van der Waals surface area contributed by atoms with Crippen molar-refractivity contribution in [1.82, 2.24) is 0 Å². The zero-order valence-corrected chi connectivity index (χ0v) is 31.8. The molecule has 0 spiro atoms. The number of hydrogen-bond donors (Lipinski definition) is 0. The van der Waals surface area contributed by atoms with Crippen molar-refractivity contribution in [2.75, 3.05) is 4.90 Å². The smallest absolute Gasteiger partial charge is 0.143 e. The number of hydrogen-bond acceptors (Lipinski definition) is 3. The van der Waals surface area contributed by atoms with E-state index in [-0.39, 0.29) is 0 Å². The van der Waals surface area contributed by atoms with Crippen molar-refractivity contribution in [3.8, 4) is 44.5 Å². The molecule has 3 heteroatoms. The predicted molar refractivity (Wildman–Crippen MR) is 243 cm³/mol. The monoisotopic (exact) mass is 745 g/mol.